The Kier molecular flexibility index (Phi) is 4.80. The van der Waals surface area contributed by atoms with Crippen LogP contribution in [0.1, 0.15) is 5.56 Å². The lowest BCUT2D eigenvalue weighted by molar-refractivity contribution is 0.886. The Bertz CT molecular complexity index is 1230. The summed E-state index contributed by atoms with van der Waals surface area (Å²) in [5.41, 5.74) is 5.72. The van der Waals surface area contributed by atoms with Crippen molar-refractivity contribution in [1.82, 2.24) is 19.6 Å². The molecule has 2 aromatic heterocycles. The molecule has 0 bridgehead atoms. The van der Waals surface area contributed by atoms with Crippen LogP contribution in [-0.2, 0) is 5.75 Å². The lowest BCUT2D eigenvalue weighted by Crippen LogP contribution is -1.95. The molecule has 140 valence electrons. The summed E-state index contributed by atoms with van der Waals surface area (Å²) in [5, 5.41) is 5.42. The number of hydrogen-bond acceptors (Lipinski definition) is 4. The van der Waals surface area contributed by atoms with Crippen molar-refractivity contribution in [3.05, 3.63) is 103 Å². The maximum absolute atomic E-state index is 4.69. The van der Waals surface area contributed by atoms with Crippen LogP contribution in [0.15, 0.2) is 102 Å². The highest BCUT2D eigenvalue weighted by Crippen LogP contribution is 2.26. The van der Waals surface area contributed by atoms with Crippen LogP contribution < -0.4 is 0 Å². The van der Waals surface area contributed by atoms with Crippen LogP contribution in [0.25, 0.3) is 28.2 Å². The lowest BCUT2D eigenvalue weighted by atomic mass is 10.0. The third kappa shape index (κ3) is 3.77. The molecule has 3 aromatic carbocycles. The summed E-state index contributed by atoms with van der Waals surface area (Å²) in [4.78, 5) is 8.97. The van der Waals surface area contributed by atoms with Gasteiger partial charge in [0.25, 0.3) is 5.78 Å². The molecule has 0 amide bonds. The van der Waals surface area contributed by atoms with Gasteiger partial charge in [0.2, 0.25) is 5.16 Å². The van der Waals surface area contributed by atoms with E-state index in [1.807, 2.05) is 34.8 Å². The van der Waals surface area contributed by atoms with Gasteiger partial charge >= 0.3 is 0 Å². The second-order valence-electron chi connectivity index (χ2n) is 6.65. The van der Waals surface area contributed by atoms with Gasteiger partial charge in [-0.15, -0.1) is 5.10 Å². The number of benzene rings is 3. The van der Waals surface area contributed by atoms with E-state index in [0.29, 0.717) is 5.78 Å². The SMILES string of the molecule is c1ccc(CSc2nc3nccc(-c4ccc(-c5ccccc5)cc4)n3n2)cc1. The van der Waals surface area contributed by atoms with Crippen molar-refractivity contribution in [1.29, 1.82) is 0 Å². The number of rotatable bonds is 5. The monoisotopic (exact) mass is 394 g/mol. The molecule has 0 spiro atoms. The van der Waals surface area contributed by atoms with Crippen LogP contribution in [0, 0.1) is 0 Å². The van der Waals surface area contributed by atoms with Crippen LogP contribution in [0.2, 0.25) is 0 Å². The second kappa shape index (κ2) is 7.89. The molecule has 0 fully saturated rings. The van der Waals surface area contributed by atoms with Crippen LogP contribution >= 0.6 is 11.8 Å². The Hall–Kier alpha value is -3.44. The minimum absolute atomic E-state index is 0.616. The highest BCUT2D eigenvalue weighted by Gasteiger charge is 2.11. The second-order valence-corrected chi connectivity index (χ2v) is 7.60. The van der Waals surface area contributed by atoms with Gasteiger partial charge in [-0.3, -0.25) is 0 Å². The first-order valence-electron chi connectivity index (χ1n) is 9.41. The number of hydrogen-bond donors (Lipinski definition) is 0. The maximum atomic E-state index is 4.69. The van der Waals surface area contributed by atoms with Crippen molar-refractivity contribution < 1.29 is 0 Å². The molecule has 0 N–H and O–H groups in total. The summed E-state index contributed by atoms with van der Waals surface area (Å²) in [5.74, 6) is 1.45. The minimum atomic E-state index is 0.616. The van der Waals surface area contributed by atoms with Crippen molar-refractivity contribution >= 4 is 17.5 Å². The third-order valence-corrected chi connectivity index (χ3v) is 5.63. The van der Waals surface area contributed by atoms with Crippen LogP contribution in [-0.4, -0.2) is 19.6 Å². The molecular weight excluding hydrogens is 376 g/mol. The van der Waals surface area contributed by atoms with E-state index in [9.17, 15) is 0 Å². The van der Waals surface area contributed by atoms with Gasteiger partial charge in [0.05, 0.1) is 5.69 Å². The number of nitrogens with zero attached hydrogens (tertiary/aromatic N) is 4. The minimum Gasteiger partial charge on any atom is -0.220 e. The quantitative estimate of drug-likeness (QED) is 0.356. The van der Waals surface area contributed by atoms with E-state index in [0.717, 1.165) is 22.2 Å². The number of thioether (sulfide) groups is 1. The van der Waals surface area contributed by atoms with E-state index in [1.54, 1.807) is 18.0 Å². The van der Waals surface area contributed by atoms with Crippen molar-refractivity contribution in [2.45, 2.75) is 10.9 Å². The molecule has 2 heterocycles. The van der Waals surface area contributed by atoms with Crippen LogP contribution in [0.3, 0.4) is 0 Å². The molecule has 0 atom stereocenters. The molecule has 0 saturated heterocycles. The van der Waals surface area contributed by atoms with Gasteiger partial charge < -0.3 is 0 Å². The first kappa shape index (κ1) is 17.6. The largest absolute Gasteiger partial charge is 0.253 e. The van der Waals surface area contributed by atoms with Crippen LogP contribution in [0.5, 0.6) is 0 Å². The molecule has 0 aliphatic carbocycles. The Morgan fingerprint density at radius 2 is 1.34 bits per heavy atom. The average Bonchev–Trinajstić information content (AvgIpc) is 3.22. The van der Waals surface area contributed by atoms with E-state index in [-0.39, 0.29) is 0 Å². The topological polar surface area (TPSA) is 43.1 Å². The van der Waals surface area contributed by atoms with Gasteiger partial charge in [0, 0.05) is 17.5 Å². The summed E-state index contributed by atoms with van der Waals surface area (Å²) in [7, 11) is 0. The summed E-state index contributed by atoms with van der Waals surface area (Å²) in [6.45, 7) is 0. The van der Waals surface area contributed by atoms with Crippen molar-refractivity contribution in [2.75, 3.05) is 0 Å². The molecule has 0 saturated carbocycles. The summed E-state index contributed by atoms with van der Waals surface area (Å²) >= 11 is 1.62. The van der Waals surface area contributed by atoms with Gasteiger partial charge in [-0.1, -0.05) is 96.7 Å². The Balaban J connectivity index is 1.43. The molecular formula is C24H18N4S. The average molecular weight is 395 g/mol. The van der Waals surface area contributed by atoms with Crippen molar-refractivity contribution in [3.63, 3.8) is 0 Å². The van der Waals surface area contributed by atoms with Gasteiger partial charge in [0.1, 0.15) is 0 Å². The third-order valence-electron chi connectivity index (χ3n) is 4.72. The highest BCUT2D eigenvalue weighted by atomic mass is 32.2. The zero-order chi connectivity index (χ0) is 19.5. The van der Waals surface area contributed by atoms with Crippen molar-refractivity contribution in [2.24, 2.45) is 0 Å². The van der Waals surface area contributed by atoms with Crippen molar-refractivity contribution in [3.8, 4) is 22.4 Å². The molecule has 5 aromatic rings. The summed E-state index contributed by atoms with van der Waals surface area (Å²) < 4.78 is 1.82. The molecule has 5 heteroatoms. The molecule has 4 nitrogen and oxygen atoms in total. The number of fused-ring (bicyclic) bond motifs is 1. The molecule has 0 aliphatic heterocycles. The summed E-state index contributed by atoms with van der Waals surface area (Å²) in [6, 6.07) is 31.2. The highest BCUT2D eigenvalue weighted by molar-refractivity contribution is 7.98. The van der Waals surface area contributed by atoms with Gasteiger partial charge in [0.15, 0.2) is 0 Å². The Morgan fingerprint density at radius 1 is 0.690 bits per heavy atom. The molecule has 5 rings (SSSR count). The predicted molar refractivity (Wildman–Crippen MR) is 118 cm³/mol. The fourth-order valence-corrected chi connectivity index (χ4v) is 4.02. The fourth-order valence-electron chi connectivity index (χ4n) is 3.24. The number of aromatic nitrogens is 4. The van der Waals surface area contributed by atoms with Crippen LogP contribution in [0.4, 0.5) is 0 Å². The molecule has 29 heavy (non-hydrogen) atoms. The van der Waals surface area contributed by atoms with Gasteiger partial charge in [-0.25, -0.2) is 4.98 Å². The summed E-state index contributed by atoms with van der Waals surface area (Å²) in [6.07, 6.45) is 1.79. The Labute approximate surface area is 173 Å². The van der Waals surface area contributed by atoms with E-state index in [2.05, 4.69) is 70.6 Å². The predicted octanol–water partition coefficient (Wildman–Crippen LogP) is 5.75. The van der Waals surface area contributed by atoms with E-state index < -0.39 is 0 Å². The normalized spacial score (nSPS) is 11.0. The maximum Gasteiger partial charge on any atom is 0.253 e. The molecule has 0 radical (unpaired) electrons. The van der Waals surface area contributed by atoms with Gasteiger partial charge in [-0.2, -0.15) is 9.50 Å². The van der Waals surface area contributed by atoms with E-state index >= 15 is 0 Å². The standard InChI is InChI=1S/C24H18N4S/c1-3-7-18(8-4-1)17-29-24-26-23-25-16-15-22(28(23)27-24)21-13-11-20(12-14-21)19-9-5-2-6-10-19/h1-16H,17H2. The lowest BCUT2D eigenvalue weighted by Gasteiger charge is -2.06. The molecule has 0 unspecified atom stereocenters. The Morgan fingerprint density at radius 3 is 2.10 bits per heavy atom. The first-order chi connectivity index (χ1) is 14.4. The first-order valence-corrected chi connectivity index (χ1v) is 10.4. The molecule has 0 aliphatic rings. The van der Waals surface area contributed by atoms with E-state index in [4.69, 9.17) is 5.10 Å². The van der Waals surface area contributed by atoms with E-state index in [1.165, 1.54) is 16.7 Å². The smallest absolute Gasteiger partial charge is 0.220 e. The zero-order valence-electron chi connectivity index (χ0n) is 15.6. The van der Waals surface area contributed by atoms with Gasteiger partial charge in [-0.05, 0) is 22.8 Å². The zero-order valence-corrected chi connectivity index (χ0v) is 16.5. The fraction of sp³-hybridized carbons (Fsp3) is 0.0417.